The standard InChI is InChI=1S/C24H34N6O5/c31-12-11-25-22(32)18-17-19(35-24(34-17)9-5-2-6-10-24)23(33-18)30-14-28-16-20(26-13-27-21(16)30)29-15-7-3-1-4-8-15/h13-15,17-19,23,31H,1-12H2,(H,25,32)(H,26,27,29)/t17?,18-,19?,23+/m0/s1. The topological polar surface area (TPSA) is 133 Å². The molecule has 2 aromatic heterocycles. The average Bonchev–Trinajstić information content (AvgIpc) is 3.56. The third-order valence-electron chi connectivity index (χ3n) is 7.75. The van der Waals surface area contributed by atoms with Crippen molar-refractivity contribution in [2.45, 2.75) is 101 Å². The van der Waals surface area contributed by atoms with E-state index >= 15 is 0 Å². The molecule has 0 aromatic carbocycles. The molecule has 11 nitrogen and oxygen atoms in total. The van der Waals surface area contributed by atoms with E-state index in [1.807, 2.05) is 4.57 Å². The molecule has 2 aliphatic heterocycles. The van der Waals surface area contributed by atoms with Gasteiger partial charge in [0.05, 0.1) is 12.9 Å². The van der Waals surface area contributed by atoms with E-state index in [2.05, 4.69) is 25.6 Å². The van der Waals surface area contributed by atoms with Crippen molar-refractivity contribution in [3.8, 4) is 0 Å². The van der Waals surface area contributed by atoms with Crippen molar-refractivity contribution in [1.82, 2.24) is 24.8 Å². The molecule has 1 amide bonds. The van der Waals surface area contributed by atoms with Gasteiger partial charge in [0.25, 0.3) is 5.91 Å². The average molecular weight is 487 g/mol. The number of fused-ring (bicyclic) bond motifs is 2. The molecule has 190 valence electrons. The Bertz CT molecular complexity index is 1050. The van der Waals surface area contributed by atoms with Crippen LogP contribution in [-0.2, 0) is 19.0 Å². The van der Waals surface area contributed by atoms with E-state index in [-0.39, 0.29) is 19.1 Å². The van der Waals surface area contributed by atoms with Gasteiger partial charge in [-0.15, -0.1) is 0 Å². The Morgan fingerprint density at radius 2 is 1.83 bits per heavy atom. The summed E-state index contributed by atoms with van der Waals surface area (Å²) in [7, 11) is 0. The Balaban J connectivity index is 1.30. The Hall–Kier alpha value is -2.34. The maximum Gasteiger partial charge on any atom is 0.252 e. The number of aliphatic hydroxyl groups is 1. The van der Waals surface area contributed by atoms with E-state index in [0.29, 0.717) is 17.2 Å². The van der Waals surface area contributed by atoms with Gasteiger partial charge in [0.15, 0.2) is 35.1 Å². The van der Waals surface area contributed by atoms with Crippen molar-refractivity contribution < 1.29 is 24.1 Å². The second-order valence-electron chi connectivity index (χ2n) is 10.1. The van der Waals surface area contributed by atoms with Crippen LogP contribution in [0.2, 0.25) is 0 Å². The molecule has 4 heterocycles. The number of aromatic nitrogens is 4. The lowest BCUT2D eigenvalue weighted by atomic mass is 9.94. The van der Waals surface area contributed by atoms with E-state index in [0.717, 1.165) is 50.8 Å². The fraction of sp³-hybridized carbons (Fsp3) is 0.750. The summed E-state index contributed by atoms with van der Waals surface area (Å²) in [5.41, 5.74) is 1.31. The molecule has 2 aliphatic carbocycles. The van der Waals surface area contributed by atoms with Crippen molar-refractivity contribution in [2.75, 3.05) is 18.5 Å². The zero-order valence-corrected chi connectivity index (χ0v) is 19.9. The van der Waals surface area contributed by atoms with Crippen LogP contribution in [0.15, 0.2) is 12.7 Å². The highest BCUT2D eigenvalue weighted by atomic mass is 16.8. The summed E-state index contributed by atoms with van der Waals surface area (Å²) in [6, 6.07) is 0.386. The summed E-state index contributed by atoms with van der Waals surface area (Å²) < 4.78 is 21.1. The first-order valence-electron chi connectivity index (χ1n) is 13.0. The van der Waals surface area contributed by atoms with Crippen LogP contribution in [0.5, 0.6) is 0 Å². The highest BCUT2D eigenvalue weighted by Gasteiger charge is 2.60. The summed E-state index contributed by atoms with van der Waals surface area (Å²) in [6.45, 7) is 0.0152. The number of ether oxygens (including phenoxy) is 3. The number of amides is 1. The molecule has 2 saturated heterocycles. The largest absolute Gasteiger partial charge is 0.395 e. The minimum absolute atomic E-state index is 0.142. The second-order valence-corrected chi connectivity index (χ2v) is 10.1. The fourth-order valence-corrected chi connectivity index (χ4v) is 6.04. The van der Waals surface area contributed by atoms with E-state index in [4.69, 9.17) is 19.3 Å². The number of imidazole rings is 1. The number of carbonyl (C=O) groups excluding carboxylic acids is 1. The van der Waals surface area contributed by atoms with E-state index in [9.17, 15) is 4.79 Å². The Morgan fingerprint density at radius 1 is 1.06 bits per heavy atom. The fourth-order valence-electron chi connectivity index (χ4n) is 6.04. The van der Waals surface area contributed by atoms with Crippen LogP contribution in [0, 0.1) is 0 Å². The van der Waals surface area contributed by atoms with Gasteiger partial charge in [-0.2, -0.15) is 0 Å². The predicted molar refractivity (Wildman–Crippen MR) is 125 cm³/mol. The van der Waals surface area contributed by atoms with Crippen LogP contribution < -0.4 is 10.6 Å². The van der Waals surface area contributed by atoms with Gasteiger partial charge < -0.3 is 30.0 Å². The monoisotopic (exact) mass is 486 g/mol. The molecule has 6 rings (SSSR count). The van der Waals surface area contributed by atoms with Crippen LogP contribution >= 0.6 is 0 Å². The van der Waals surface area contributed by atoms with E-state index < -0.39 is 30.3 Å². The zero-order valence-electron chi connectivity index (χ0n) is 19.9. The summed E-state index contributed by atoms with van der Waals surface area (Å²) in [5.74, 6) is -0.268. The number of aliphatic hydroxyl groups excluding tert-OH is 1. The van der Waals surface area contributed by atoms with Gasteiger partial charge in [-0.25, -0.2) is 15.0 Å². The van der Waals surface area contributed by atoms with E-state index in [1.165, 1.54) is 25.6 Å². The summed E-state index contributed by atoms with van der Waals surface area (Å²) >= 11 is 0. The summed E-state index contributed by atoms with van der Waals surface area (Å²) in [5, 5.41) is 15.4. The molecule has 11 heteroatoms. The van der Waals surface area contributed by atoms with Crippen LogP contribution in [-0.4, -0.2) is 73.8 Å². The number of hydrogen-bond donors (Lipinski definition) is 3. The summed E-state index contributed by atoms with van der Waals surface area (Å²) in [4.78, 5) is 26.5. The lowest BCUT2D eigenvalue weighted by molar-refractivity contribution is -0.229. The highest BCUT2D eigenvalue weighted by Crippen LogP contribution is 2.49. The van der Waals surface area contributed by atoms with Gasteiger partial charge in [0.2, 0.25) is 0 Å². The smallest absolute Gasteiger partial charge is 0.252 e. The van der Waals surface area contributed by atoms with Gasteiger partial charge >= 0.3 is 0 Å². The Morgan fingerprint density at radius 3 is 2.63 bits per heavy atom. The van der Waals surface area contributed by atoms with Gasteiger partial charge in [0, 0.05) is 25.4 Å². The number of nitrogens with zero attached hydrogens (tertiary/aromatic N) is 4. The molecule has 0 bridgehead atoms. The first-order valence-corrected chi connectivity index (χ1v) is 13.0. The quantitative estimate of drug-likeness (QED) is 0.561. The number of anilines is 1. The molecule has 2 unspecified atom stereocenters. The molecule has 2 saturated carbocycles. The van der Waals surface area contributed by atoms with Crippen LogP contribution in [0.1, 0.15) is 70.4 Å². The number of hydrogen-bond acceptors (Lipinski definition) is 9. The van der Waals surface area contributed by atoms with Crippen molar-refractivity contribution in [2.24, 2.45) is 0 Å². The minimum atomic E-state index is -0.850. The number of nitrogens with one attached hydrogen (secondary N) is 2. The molecule has 1 spiro atoms. The van der Waals surface area contributed by atoms with Crippen molar-refractivity contribution in [1.29, 1.82) is 0 Å². The van der Waals surface area contributed by atoms with Crippen LogP contribution in [0.25, 0.3) is 11.2 Å². The van der Waals surface area contributed by atoms with Gasteiger partial charge in [0.1, 0.15) is 18.5 Å². The lowest BCUT2D eigenvalue weighted by Gasteiger charge is -2.34. The molecule has 4 atom stereocenters. The maximum atomic E-state index is 12.9. The van der Waals surface area contributed by atoms with Crippen molar-refractivity contribution in [3.05, 3.63) is 12.7 Å². The summed E-state index contributed by atoms with van der Waals surface area (Å²) in [6.07, 6.45) is 11.5. The molecule has 4 fully saturated rings. The van der Waals surface area contributed by atoms with Crippen molar-refractivity contribution >= 4 is 22.9 Å². The first kappa shape index (κ1) is 23.1. The van der Waals surface area contributed by atoms with Gasteiger partial charge in [-0.3, -0.25) is 9.36 Å². The zero-order chi connectivity index (χ0) is 23.8. The van der Waals surface area contributed by atoms with Gasteiger partial charge in [-0.05, 0) is 25.7 Å². The third kappa shape index (κ3) is 4.28. The van der Waals surface area contributed by atoms with Gasteiger partial charge in [-0.1, -0.05) is 25.7 Å². The van der Waals surface area contributed by atoms with Crippen LogP contribution in [0.3, 0.4) is 0 Å². The first-order chi connectivity index (χ1) is 17.2. The maximum absolute atomic E-state index is 12.9. The Kier molecular flexibility index (Phi) is 6.34. The van der Waals surface area contributed by atoms with Crippen molar-refractivity contribution in [3.63, 3.8) is 0 Å². The molecular formula is C24H34N6O5. The molecule has 2 aromatic rings. The number of carbonyl (C=O) groups is 1. The minimum Gasteiger partial charge on any atom is -0.395 e. The molecule has 4 aliphatic rings. The third-order valence-corrected chi connectivity index (χ3v) is 7.75. The lowest BCUT2D eigenvalue weighted by Crippen LogP contribution is -2.44. The van der Waals surface area contributed by atoms with E-state index in [1.54, 1.807) is 6.33 Å². The molecule has 0 radical (unpaired) electrons. The normalized spacial score (nSPS) is 30.5. The van der Waals surface area contributed by atoms with Crippen LogP contribution in [0.4, 0.5) is 5.82 Å². The second kappa shape index (κ2) is 9.61. The SMILES string of the molecule is O=C(NCCO)[C@H]1O[C@@H](n2cnc3c(NC4CCCCC4)ncnc32)C2OC3(CCCCC3)OC21. The molecule has 3 N–H and O–H groups in total. The molecular weight excluding hydrogens is 452 g/mol. The Labute approximate surface area is 203 Å². The number of rotatable bonds is 6. The highest BCUT2D eigenvalue weighted by molar-refractivity contribution is 5.83. The predicted octanol–water partition coefficient (Wildman–Crippen LogP) is 2.02. The molecule has 35 heavy (non-hydrogen) atoms.